The summed E-state index contributed by atoms with van der Waals surface area (Å²) in [7, 11) is 0. The number of anilines is 1. The Bertz CT molecular complexity index is 623. The summed E-state index contributed by atoms with van der Waals surface area (Å²) in [5, 5.41) is 3.63. The summed E-state index contributed by atoms with van der Waals surface area (Å²) in [5.41, 5.74) is 1.50. The Balaban J connectivity index is 1.90. The normalized spacial score (nSPS) is 10.6. The van der Waals surface area contributed by atoms with E-state index in [9.17, 15) is 9.18 Å². The molecule has 1 amide bonds. The number of carbonyl (C=O) groups excluding carboxylic acids is 1. The first kappa shape index (κ1) is 14.9. The number of nitrogens with one attached hydrogen (secondary N) is 1. The average molecular weight is 313 g/mol. The van der Waals surface area contributed by atoms with Gasteiger partial charge in [-0.3, -0.25) is 4.79 Å². The van der Waals surface area contributed by atoms with Crippen LogP contribution in [0.1, 0.15) is 22.0 Å². The van der Waals surface area contributed by atoms with Crippen molar-refractivity contribution >= 4 is 34.5 Å². The smallest absolute Gasteiger partial charge is 0.224 e. The summed E-state index contributed by atoms with van der Waals surface area (Å²) in [6.45, 7) is 3.97. The van der Waals surface area contributed by atoms with Crippen LogP contribution in [0.3, 0.4) is 0 Å². The van der Waals surface area contributed by atoms with E-state index in [1.165, 1.54) is 23.1 Å². The number of carbonyl (C=O) groups is 1. The summed E-state index contributed by atoms with van der Waals surface area (Å²) in [6, 6.07) is 4.11. The lowest BCUT2D eigenvalue weighted by molar-refractivity contribution is -0.116. The molecule has 0 aliphatic rings. The third-order valence-electron chi connectivity index (χ3n) is 2.84. The number of hydrogen-bond donors (Lipinski definition) is 1. The summed E-state index contributed by atoms with van der Waals surface area (Å²) in [6.07, 6.45) is 0.932. The van der Waals surface area contributed by atoms with Gasteiger partial charge >= 0.3 is 0 Å². The highest BCUT2D eigenvalue weighted by Crippen LogP contribution is 2.20. The molecular formula is C14H14ClFN2OS. The van der Waals surface area contributed by atoms with E-state index in [0.717, 1.165) is 10.7 Å². The summed E-state index contributed by atoms with van der Waals surface area (Å²) >= 11 is 7.26. The standard InChI is InChI=1S/C14H14ClFN2OS/c1-8-9(2)20-14(17-8)6-5-13(19)18-10-3-4-12(16)11(15)7-10/h3-4,7H,5-6H2,1-2H3,(H,18,19). The van der Waals surface area contributed by atoms with Gasteiger partial charge in [-0.2, -0.15) is 0 Å². The molecule has 0 aliphatic carbocycles. The van der Waals surface area contributed by atoms with E-state index < -0.39 is 5.82 Å². The van der Waals surface area contributed by atoms with Gasteiger partial charge in [-0.05, 0) is 32.0 Å². The molecule has 0 unspecified atom stereocenters. The van der Waals surface area contributed by atoms with Crippen LogP contribution >= 0.6 is 22.9 Å². The van der Waals surface area contributed by atoms with Crippen LogP contribution in [0.2, 0.25) is 5.02 Å². The van der Waals surface area contributed by atoms with Crippen molar-refractivity contribution in [2.75, 3.05) is 5.32 Å². The van der Waals surface area contributed by atoms with Crippen LogP contribution in [-0.4, -0.2) is 10.9 Å². The largest absolute Gasteiger partial charge is 0.326 e. The van der Waals surface area contributed by atoms with Crippen molar-refractivity contribution in [1.82, 2.24) is 4.98 Å². The minimum atomic E-state index is -0.501. The highest BCUT2D eigenvalue weighted by Gasteiger charge is 2.08. The quantitative estimate of drug-likeness (QED) is 0.922. The van der Waals surface area contributed by atoms with Crippen molar-refractivity contribution in [3.05, 3.63) is 44.6 Å². The minimum absolute atomic E-state index is 0.00558. The molecule has 0 fully saturated rings. The van der Waals surface area contributed by atoms with Crippen LogP contribution < -0.4 is 5.32 Å². The van der Waals surface area contributed by atoms with E-state index in [2.05, 4.69) is 10.3 Å². The van der Waals surface area contributed by atoms with Crippen LogP contribution in [0.15, 0.2) is 18.2 Å². The zero-order valence-electron chi connectivity index (χ0n) is 11.2. The second kappa shape index (κ2) is 6.33. The van der Waals surface area contributed by atoms with Gasteiger partial charge < -0.3 is 5.32 Å². The summed E-state index contributed by atoms with van der Waals surface area (Å²) in [5.74, 6) is -0.642. The van der Waals surface area contributed by atoms with Gasteiger partial charge in [0.2, 0.25) is 5.91 Å². The number of thiazole rings is 1. The van der Waals surface area contributed by atoms with E-state index in [1.54, 1.807) is 11.3 Å². The molecule has 0 spiro atoms. The summed E-state index contributed by atoms with van der Waals surface area (Å²) < 4.78 is 13.0. The van der Waals surface area contributed by atoms with Crippen LogP contribution in [0.25, 0.3) is 0 Å². The van der Waals surface area contributed by atoms with Gasteiger partial charge in [0.15, 0.2) is 0 Å². The van der Waals surface area contributed by atoms with Gasteiger partial charge in [0.25, 0.3) is 0 Å². The predicted octanol–water partition coefficient (Wildman–Crippen LogP) is 4.12. The number of benzene rings is 1. The maximum atomic E-state index is 13.0. The fraction of sp³-hybridized carbons (Fsp3) is 0.286. The number of nitrogens with zero attached hydrogens (tertiary/aromatic N) is 1. The predicted molar refractivity (Wildman–Crippen MR) is 79.9 cm³/mol. The molecule has 1 heterocycles. The number of hydrogen-bond acceptors (Lipinski definition) is 3. The number of rotatable bonds is 4. The second-order valence-electron chi connectivity index (χ2n) is 4.43. The highest BCUT2D eigenvalue weighted by atomic mass is 35.5. The van der Waals surface area contributed by atoms with Crippen molar-refractivity contribution in [3.8, 4) is 0 Å². The lowest BCUT2D eigenvalue weighted by atomic mass is 10.2. The zero-order valence-corrected chi connectivity index (χ0v) is 12.7. The maximum absolute atomic E-state index is 13.0. The van der Waals surface area contributed by atoms with E-state index in [1.807, 2.05) is 13.8 Å². The van der Waals surface area contributed by atoms with Crippen LogP contribution in [0.4, 0.5) is 10.1 Å². The average Bonchev–Trinajstić information content (AvgIpc) is 2.71. The monoisotopic (exact) mass is 312 g/mol. The molecule has 106 valence electrons. The fourth-order valence-electron chi connectivity index (χ4n) is 1.66. The molecule has 1 aromatic heterocycles. The molecule has 0 bridgehead atoms. The first-order valence-electron chi connectivity index (χ1n) is 6.13. The maximum Gasteiger partial charge on any atom is 0.224 e. The second-order valence-corrected chi connectivity index (χ2v) is 6.12. The molecule has 0 saturated carbocycles. The minimum Gasteiger partial charge on any atom is -0.326 e. The molecule has 1 aromatic carbocycles. The lowest BCUT2D eigenvalue weighted by Gasteiger charge is -2.05. The Morgan fingerprint density at radius 3 is 2.80 bits per heavy atom. The van der Waals surface area contributed by atoms with Gasteiger partial charge in [-0.1, -0.05) is 11.6 Å². The van der Waals surface area contributed by atoms with Crippen molar-refractivity contribution in [1.29, 1.82) is 0 Å². The van der Waals surface area contributed by atoms with Gasteiger partial charge in [0.1, 0.15) is 5.82 Å². The molecule has 2 rings (SSSR count). The molecular weight excluding hydrogens is 299 g/mol. The molecule has 0 aliphatic heterocycles. The Labute approximate surface area is 125 Å². The lowest BCUT2D eigenvalue weighted by Crippen LogP contribution is -2.12. The molecule has 20 heavy (non-hydrogen) atoms. The molecule has 6 heteroatoms. The van der Waals surface area contributed by atoms with Gasteiger partial charge in [0, 0.05) is 23.4 Å². The molecule has 3 nitrogen and oxygen atoms in total. The van der Waals surface area contributed by atoms with Crippen LogP contribution in [0, 0.1) is 19.7 Å². The zero-order chi connectivity index (χ0) is 14.7. The Kier molecular flexibility index (Phi) is 4.73. The first-order valence-corrected chi connectivity index (χ1v) is 7.33. The first-order chi connectivity index (χ1) is 9.45. The Morgan fingerprint density at radius 1 is 1.45 bits per heavy atom. The van der Waals surface area contributed by atoms with E-state index in [0.29, 0.717) is 18.5 Å². The van der Waals surface area contributed by atoms with Gasteiger partial charge in [-0.25, -0.2) is 9.37 Å². The van der Waals surface area contributed by atoms with E-state index in [-0.39, 0.29) is 10.9 Å². The topological polar surface area (TPSA) is 42.0 Å². The number of aromatic nitrogens is 1. The number of amides is 1. The molecule has 0 atom stereocenters. The number of aryl methyl sites for hydroxylation is 3. The number of halogens is 2. The van der Waals surface area contributed by atoms with Crippen LogP contribution in [-0.2, 0) is 11.2 Å². The fourth-order valence-corrected chi connectivity index (χ4v) is 2.78. The van der Waals surface area contributed by atoms with Gasteiger partial charge in [-0.15, -0.1) is 11.3 Å². The molecule has 2 aromatic rings. The van der Waals surface area contributed by atoms with E-state index in [4.69, 9.17) is 11.6 Å². The van der Waals surface area contributed by atoms with E-state index >= 15 is 0 Å². The van der Waals surface area contributed by atoms with Crippen LogP contribution in [0.5, 0.6) is 0 Å². The SMILES string of the molecule is Cc1nc(CCC(=O)Nc2ccc(F)c(Cl)c2)sc1C. The van der Waals surface area contributed by atoms with Crippen molar-refractivity contribution in [3.63, 3.8) is 0 Å². The molecule has 0 saturated heterocycles. The van der Waals surface area contributed by atoms with Crippen molar-refractivity contribution < 1.29 is 9.18 Å². The van der Waals surface area contributed by atoms with Gasteiger partial charge in [0.05, 0.1) is 15.7 Å². The third kappa shape index (κ3) is 3.77. The summed E-state index contributed by atoms with van der Waals surface area (Å²) in [4.78, 5) is 17.4. The molecule has 1 N–H and O–H groups in total. The Hall–Kier alpha value is -1.46. The third-order valence-corrected chi connectivity index (χ3v) is 4.26. The van der Waals surface area contributed by atoms with Crippen molar-refractivity contribution in [2.45, 2.75) is 26.7 Å². The molecule has 0 radical (unpaired) electrons. The van der Waals surface area contributed by atoms with Crippen molar-refractivity contribution in [2.24, 2.45) is 0 Å². The highest BCUT2D eigenvalue weighted by molar-refractivity contribution is 7.11. The Morgan fingerprint density at radius 2 is 2.20 bits per heavy atom.